The maximum atomic E-state index is 13.9. The third-order valence-corrected chi connectivity index (χ3v) is 5.65. The zero-order valence-corrected chi connectivity index (χ0v) is 21.8. The molecular formula is C26H26FIN2O5. The molecule has 0 spiro atoms. The lowest BCUT2D eigenvalue weighted by molar-refractivity contribution is 0.0954. The molecular weight excluding hydrogens is 566 g/mol. The van der Waals surface area contributed by atoms with Crippen LogP contribution >= 0.6 is 22.6 Å². The standard InChI is InChI=1S/C26H26FIN2O5/c1-4-11-34-22-10-9-18(14-23(22)32-2)26(31)30-29-15-17-12-21(28)25(24(13-17)33-3)35-16-19-7-5-6-8-20(19)27/h5-10,12-15H,4,11,16H2,1-3H3,(H,30,31)/b29-15+. The molecule has 0 saturated heterocycles. The van der Waals surface area contributed by atoms with Gasteiger partial charge in [0, 0.05) is 11.1 Å². The molecule has 3 aromatic rings. The molecule has 9 heteroatoms. The Bertz CT molecular complexity index is 1200. The van der Waals surface area contributed by atoms with E-state index in [9.17, 15) is 9.18 Å². The van der Waals surface area contributed by atoms with Crippen LogP contribution in [-0.2, 0) is 6.61 Å². The number of amides is 1. The summed E-state index contributed by atoms with van der Waals surface area (Å²) in [5, 5.41) is 4.05. The molecule has 0 aromatic heterocycles. The summed E-state index contributed by atoms with van der Waals surface area (Å²) in [5.41, 5.74) is 4.02. The molecule has 0 heterocycles. The molecule has 0 unspecified atom stereocenters. The van der Waals surface area contributed by atoms with E-state index in [0.717, 1.165) is 9.99 Å². The number of carbonyl (C=O) groups is 1. The van der Waals surface area contributed by atoms with Gasteiger partial charge in [-0.05, 0) is 71.0 Å². The number of rotatable bonds is 11. The van der Waals surface area contributed by atoms with Crippen LogP contribution in [0.1, 0.15) is 34.8 Å². The minimum absolute atomic E-state index is 0.0638. The van der Waals surface area contributed by atoms with Crippen LogP contribution in [0, 0.1) is 9.39 Å². The number of ether oxygens (including phenoxy) is 4. The Balaban J connectivity index is 1.68. The van der Waals surface area contributed by atoms with Gasteiger partial charge < -0.3 is 18.9 Å². The van der Waals surface area contributed by atoms with Crippen molar-refractivity contribution in [1.29, 1.82) is 0 Å². The highest BCUT2D eigenvalue weighted by Gasteiger charge is 2.13. The van der Waals surface area contributed by atoms with Crippen LogP contribution < -0.4 is 24.4 Å². The fourth-order valence-corrected chi connectivity index (χ4v) is 3.87. The summed E-state index contributed by atoms with van der Waals surface area (Å²) in [4.78, 5) is 12.5. The molecule has 0 aliphatic heterocycles. The molecule has 0 bridgehead atoms. The van der Waals surface area contributed by atoms with Gasteiger partial charge >= 0.3 is 0 Å². The van der Waals surface area contributed by atoms with Crippen molar-refractivity contribution in [3.8, 4) is 23.0 Å². The second-order valence-corrected chi connectivity index (χ2v) is 8.49. The molecule has 0 fully saturated rings. The van der Waals surface area contributed by atoms with E-state index in [1.54, 1.807) is 42.5 Å². The summed E-state index contributed by atoms with van der Waals surface area (Å²) in [6.45, 7) is 2.63. The van der Waals surface area contributed by atoms with Crippen molar-refractivity contribution >= 4 is 34.7 Å². The van der Waals surface area contributed by atoms with E-state index in [-0.39, 0.29) is 12.4 Å². The van der Waals surface area contributed by atoms with Gasteiger partial charge in [-0.3, -0.25) is 4.79 Å². The minimum atomic E-state index is -0.395. The highest BCUT2D eigenvalue weighted by atomic mass is 127. The molecule has 0 aliphatic carbocycles. The third-order valence-electron chi connectivity index (χ3n) is 4.85. The lowest BCUT2D eigenvalue weighted by Crippen LogP contribution is -2.17. The van der Waals surface area contributed by atoms with Crippen LogP contribution in [0.5, 0.6) is 23.0 Å². The molecule has 7 nitrogen and oxygen atoms in total. The summed E-state index contributed by atoms with van der Waals surface area (Å²) in [6.07, 6.45) is 2.36. The first-order valence-electron chi connectivity index (χ1n) is 10.8. The zero-order valence-electron chi connectivity index (χ0n) is 19.6. The Hall–Kier alpha value is -3.34. The largest absolute Gasteiger partial charge is 0.493 e. The maximum absolute atomic E-state index is 13.9. The molecule has 184 valence electrons. The van der Waals surface area contributed by atoms with Crippen LogP contribution in [0.25, 0.3) is 0 Å². The van der Waals surface area contributed by atoms with E-state index < -0.39 is 5.91 Å². The number of hydrazone groups is 1. The van der Waals surface area contributed by atoms with Crippen LogP contribution in [-0.4, -0.2) is 32.9 Å². The number of halogens is 2. The molecule has 0 atom stereocenters. The van der Waals surface area contributed by atoms with Crippen molar-refractivity contribution in [2.45, 2.75) is 20.0 Å². The molecule has 0 saturated carbocycles. The normalized spacial score (nSPS) is 10.8. The van der Waals surface area contributed by atoms with Crippen LogP contribution in [0.4, 0.5) is 4.39 Å². The van der Waals surface area contributed by atoms with Crippen molar-refractivity contribution in [3.05, 3.63) is 80.7 Å². The average Bonchev–Trinajstić information content (AvgIpc) is 2.87. The van der Waals surface area contributed by atoms with Gasteiger partial charge in [-0.15, -0.1) is 0 Å². The monoisotopic (exact) mass is 592 g/mol. The Labute approximate surface area is 217 Å². The first-order chi connectivity index (χ1) is 17.0. The highest BCUT2D eigenvalue weighted by molar-refractivity contribution is 14.1. The fraction of sp³-hybridized carbons (Fsp3) is 0.231. The number of nitrogens with one attached hydrogen (secondary N) is 1. The van der Waals surface area contributed by atoms with E-state index in [4.69, 9.17) is 18.9 Å². The summed E-state index contributed by atoms with van der Waals surface area (Å²) < 4.78 is 36.9. The first kappa shape index (κ1) is 26.3. The summed E-state index contributed by atoms with van der Waals surface area (Å²) >= 11 is 2.11. The topological polar surface area (TPSA) is 78.4 Å². The molecule has 0 radical (unpaired) electrons. The van der Waals surface area contributed by atoms with Crippen molar-refractivity contribution < 1.29 is 28.1 Å². The third kappa shape index (κ3) is 7.08. The molecule has 3 rings (SSSR count). The second-order valence-electron chi connectivity index (χ2n) is 7.33. The Morgan fingerprint density at radius 3 is 2.51 bits per heavy atom. The van der Waals surface area contributed by atoms with E-state index in [1.807, 2.05) is 13.0 Å². The zero-order chi connectivity index (χ0) is 25.2. The molecule has 35 heavy (non-hydrogen) atoms. The number of hydrogen-bond donors (Lipinski definition) is 1. The van der Waals surface area contributed by atoms with Gasteiger partial charge in [-0.25, -0.2) is 9.82 Å². The Kier molecular flexibility index (Phi) is 9.71. The molecule has 0 aliphatic rings. The van der Waals surface area contributed by atoms with Gasteiger partial charge in [0.1, 0.15) is 12.4 Å². The molecule has 1 N–H and O–H groups in total. The number of hydrogen-bond acceptors (Lipinski definition) is 6. The average molecular weight is 592 g/mol. The fourth-order valence-electron chi connectivity index (χ4n) is 3.09. The second kappa shape index (κ2) is 12.9. The van der Waals surface area contributed by atoms with Gasteiger partial charge in [0.25, 0.3) is 5.91 Å². The van der Waals surface area contributed by atoms with Crippen LogP contribution in [0.3, 0.4) is 0 Å². The van der Waals surface area contributed by atoms with Crippen LogP contribution in [0.2, 0.25) is 0 Å². The van der Waals surface area contributed by atoms with Crippen molar-refractivity contribution in [2.24, 2.45) is 5.10 Å². The van der Waals surface area contributed by atoms with Crippen LogP contribution in [0.15, 0.2) is 59.7 Å². The van der Waals surface area contributed by atoms with Crippen molar-refractivity contribution in [2.75, 3.05) is 20.8 Å². The molecule has 3 aromatic carbocycles. The maximum Gasteiger partial charge on any atom is 0.271 e. The van der Waals surface area contributed by atoms with Gasteiger partial charge in [-0.2, -0.15) is 5.10 Å². The quantitative estimate of drug-likeness (QED) is 0.179. The van der Waals surface area contributed by atoms with Gasteiger partial charge in [-0.1, -0.05) is 25.1 Å². The lowest BCUT2D eigenvalue weighted by atomic mass is 10.2. The SMILES string of the molecule is CCCOc1ccc(C(=O)N/N=C/c2cc(I)c(OCc3ccccc3F)c(OC)c2)cc1OC. The van der Waals surface area contributed by atoms with Gasteiger partial charge in [0.15, 0.2) is 23.0 Å². The van der Waals surface area contributed by atoms with Gasteiger partial charge in [0.05, 0.1) is 30.6 Å². The lowest BCUT2D eigenvalue weighted by Gasteiger charge is -2.14. The Morgan fingerprint density at radius 2 is 1.80 bits per heavy atom. The number of carbonyl (C=O) groups excluding carboxylic acids is 1. The van der Waals surface area contributed by atoms with E-state index in [2.05, 4.69) is 33.1 Å². The number of nitrogens with zero attached hydrogens (tertiary/aromatic N) is 1. The number of benzene rings is 3. The van der Waals surface area contributed by atoms with E-state index >= 15 is 0 Å². The van der Waals surface area contributed by atoms with E-state index in [0.29, 0.717) is 46.3 Å². The number of methoxy groups -OCH3 is 2. The highest BCUT2D eigenvalue weighted by Crippen LogP contribution is 2.34. The summed E-state index contributed by atoms with van der Waals surface area (Å²) in [7, 11) is 3.04. The van der Waals surface area contributed by atoms with Crippen molar-refractivity contribution in [1.82, 2.24) is 5.43 Å². The summed E-state index contributed by atoms with van der Waals surface area (Å²) in [6, 6.07) is 14.9. The van der Waals surface area contributed by atoms with Crippen molar-refractivity contribution in [3.63, 3.8) is 0 Å². The predicted octanol–water partition coefficient (Wildman–Crippen LogP) is 5.58. The smallest absolute Gasteiger partial charge is 0.271 e. The Morgan fingerprint density at radius 1 is 1.03 bits per heavy atom. The summed E-state index contributed by atoms with van der Waals surface area (Å²) in [5.74, 6) is 1.28. The molecule has 1 amide bonds. The van der Waals surface area contributed by atoms with Gasteiger partial charge in [0.2, 0.25) is 0 Å². The first-order valence-corrected chi connectivity index (χ1v) is 11.9. The predicted molar refractivity (Wildman–Crippen MR) is 140 cm³/mol. The van der Waals surface area contributed by atoms with E-state index in [1.165, 1.54) is 26.5 Å². The minimum Gasteiger partial charge on any atom is -0.493 e.